The molecule has 0 fully saturated rings. The highest BCUT2D eigenvalue weighted by molar-refractivity contribution is 6.39. The van der Waals surface area contributed by atoms with Crippen molar-refractivity contribution in [3.8, 4) is 11.1 Å². The lowest BCUT2D eigenvalue weighted by molar-refractivity contribution is 1.04. The second kappa shape index (κ2) is 8.28. The van der Waals surface area contributed by atoms with Gasteiger partial charge in [0.15, 0.2) is 0 Å². The van der Waals surface area contributed by atoms with Crippen LogP contribution < -0.4 is 11.1 Å². The number of imidazole rings is 2. The van der Waals surface area contributed by atoms with Crippen LogP contribution in [0.2, 0.25) is 0 Å². The number of rotatable bonds is 0. The lowest BCUT2D eigenvalue weighted by atomic mass is 9.71. The smallest absolute Gasteiger partial charge is 0.264 e. The van der Waals surface area contributed by atoms with E-state index < -0.39 is 0 Å². The van der Waals surface area contributed by atoms with Crippen molar-refractivity contribution in [3.05, 3.63) is 153 Å². The SMILES string of the molecule is O=c1c2ccc3c4c2c(c2[nH]c5ccccc5n12)C=CC4c1ccc2c4ccc5c6c(ccc(c7ccc-3c1c72)c46)c(=O)n1c2ccccc2nc51. The van der Waals surface area contributed by atoms with Gasteiger partial charge in [-0.15, -0.1) is 0 Å². The first kappa shape index (κ1) is 25.9. The molecule has 4 aromatic heterocycles. The first-order valence-corrected chi connectivity index (χ1v) is 17.7. The second-order valence-electron chi connectivity index (χ2n) is 14.6. The Morgan fingerprint density at radius 1 is 0.538 bits per heavy atom. The molecule has 1 atom stereocenters. The zero-order chi connectivity index (χ0) is 33.7. The van der Waals surface area contributed by atoms with E-state index in [1.54, 1.807) is 4.40 Å². The van der Waals surface area contributed by atoms with Crippen LogP contribution in [0.15, 0.2) is 125 Å². The van der Waals surface area contributed by atoms with Crippen LogP contribution in [0.5, 0.6) is 0 Å². The molecule has 14 rings (SSSR count). The molecule has 6 nitrogen and oxygen atoms in total. The molecule has 2 aliphatic carbocycles. The van der Waals surface area contributed by atoms with E-state index in [0.717, 1.165) is 71.0 Å². The second-order valence-corrected chi connectivity index (χ2v) is 14.6. The van der Waals surface area contributed by atoms with E-state index in [2.05, 4.69) is 65.7 Å². The van der Waals surface area contributed by atoms with E-state index in [-0.39, 0.29) is 17.0 Å². The highest BCUT2D eigenvalue weighted by Crippen LogP contribution is 2.54. The molecule has 52 heavy (non-hydrogen) atoms. The average molecular weight is 663 g/mol. The van der Waals surface area contributed by atoms with Crippen LogP contribution in [0.1, 0.15) is 22.6 Å². The lowest BCUT2D eigenvalue weighted by Crippen LogP contribution is -2.18. The number of hydrogen-bond acceptors (Lipinski definition) is 3. The summed E-state index contributed by atoms with van der Waals surface area (Å²) in [5.74, 6) is 0.0107. The van der Waals surface area contributed by atoms with Gasteiger partial charge in [-0.25, -0.2) is 4.98 Å². The summed E-state index contributed by atoms with van der Waals surface area (Å²) in [4.78, 5) is 36.9. The Bertz CT molecular complexity index is 3840. The van der Waals surface area contributed by atoms with Crippen LogP contribution in [-0.4, -0.2) is 18.8 Å². The van der Waals surface area contributed by atoms with Crippen molar-refractivity contribution in [1.29, 1.82) is 0 Å². The molecule has 0 saturated carbocycles. The molecule has 1 N–H and O–H groups in total. The summed E-state index contributed by atoms with van der Waals surface area (Å²) in [7, 11) is 0. The molecule has 2 aliphatic rings. The summed E-state index contributed by atoms with van der Waals surface area (Å²) in [6, 6.07) is 37.8. The number of para-hydroxylation sites is 4. The van der Waals surface area contributed by atoms with E-state index in [1.165, 1.54) is 43.8 Å². The zero-order valence-corrected chi connectivity index (χ0v) is 27.3. The van der Waals surface area contributed by atoms with Gasteiger partial charge in [0.25, 0.3) is 11.1 Å². The van der Waals surface area contributed by atoms with Crippen molar-refractivity contribution < 1.29 is 0 Å². The Morgan fingerprint density at radius 2 is 1.15 bits per heavy atom. The largest absolute Gasteiger partial charge is 0.339 e. The van der Waals surface area contributed by atoms with Gasteiger partial charge in [-0.2, -0.15) is 0 Å². The summed E-state index contributed by atoms with van der Waals surface area (Å²) < 4.78 is 3.61. The number of benzene rings is 8. The number of pyridine rings is 2. The third-order valence-electron chi connectivity index (χ3n) is 12.4. The molecular weight excluding hydrogens is 641 g/mol. The van der Waals surface area contributed by atoms with Crippen molar-refractivity contribution in [2.75, 3.05) is 0 Å². The van der Waals surface area contributed by atoms with E-state index in [0.29, 0.717) is 11.0 Å². The Hall–Kier alpha value is -7.05. The van der Waals surface area contributed by atoms with Crippen molar-refractivity contribution >= 4 is 104 Å². The van der Waals surface area contributed by atoms with Crippen LogP contribution in [-0.2, 0) is 0 Å². The molecule has 4 heterocycles. The Labute approximate surface area is 291 Å². The Kier molecular flexibility index (Phi) is 4.12. The van der Waals surface area contributed by atoms with Crippen molar-refractivity contribution in [3.63, 3.8) is 0 Å². The van der Waals surface area contributed by atoms with E-state index in [9.17, 15) is 9.59 Å². The number of nitrogens with one attached hydrogen (secondary N) is 1. The minimum atomic E-state index is -0.0346. The van der Waals surface area contributed by atoms with E-state index >= 15 is 0 Å². The third-order valence-corrected chi connectivity index (χ3v) is 12.4. The van der Waals surface area contributed by atoms with Gasteiger partial charge >= 0.3 is 0 Å². The summed E-state index contributed by atoms with van der Waals surface area (Å²) in [6.45, 7) is 0. The molecule has 0 radical (unpaired) electrons. The minimum Gasteiger partial charge on any atom is -0.339 e. The number of H-pyrrole nitrogens is 1. The standard InChI is InChI=1S/C46H22N4O2/c51-45-31-19-15-27-23-11-12-24-28-16-20-32-42-30(44-48-34-6-2-4-8-36(34)50(44)46(32)52)18-14-26(40(28)42)22-10-9-21(37(23)38(22)24)25-13-17-29(41(31)39(25)27)43-47-33-5-1-3-7-35(33)49(43)45/h1-20,25,47H. The van der Waals surface area contributed by atoms with E-state index in [4.69, 9.17) is 4.98 Å². The highest BCUT2D eigenvalue weighted by atomic mass is 16.1. The summed E-state index contributed by atoms with van der Waals surface area (Å²) in [5, 5.41) is 12.7. The van der Waals surface area contributed by atoms with Gasteiger partial charge in [-0.05, 0) is 102 Å². The maximum atomic E-state index is 14.2. The molecule has 0 aliphatic heterocycles. The molecule has 12 aromatic rings. The normalized spacial score (nSPS) is 15.2. The quantitative estimate of drug-likeness (QED) is 0.130. The van der Waals surface area contributed by atoms with Crippen LogP contribution >= 0.6 is 0 Å². The number of nitrogens with zero attached hydrogens (tertiary/aromatic N) is 3. The van der Waals surface area contributed by atoms with Gasteiger partial charge in [0.2, 0.25) is 0 Å². The number of allylic oxidation sites excluding steroid dienone is 1. The number of aromatic nitrogens is 4. The number of aromatic amines is 1. The minimum absolute atomic E-state index is 0.00439. The third kappa shape index (κ3) is 2.65. The van der Waals surface area contributed by atoms with E-state index in [1.807, 2.05) is 65.1 Å². The molecule has 0 spiro atoms. The fourth-order valence-electron chi connectivity index (χ4n) is 10.4. The lowest BCUT2D eigenvalue weighted by Gasteiger charge is -2.32. The van der Waals surface area contributed by atoms with Crippen molar-refractivity contribution in [2.24, 2.45) is 0 Å². The summed E-state index contributed by atoms with van der Waals surface area (Å²) >= 11 is 0. The first-order chi connectivity index (χ1) is 25.7. The molecule has 6 heteroatoms. The highest BCUT2D eigenvalue weighted by Gasteiger charge is 2.33. The van der Waals surface area contributed by atoms with Crippen LogP contribution in [0.25, 0.3) is 115 Å². The monoisotopic (exact) mass is 662 g/mol. The van der Waals surface area contributed by atoms with Crippen LogP contribution in [0.3, 0.4) is 0 Å². The predicted molar refractivity (Wildman–Crippen MR) is 212 cm³/mol. The molecule has 0 saturated heterocycles. The maximum absolute atomic E-state index is 14.2. The topological polar surface area (TPSA) is 71.6 Å². The summed E-state index contributed by atoms with van der Waals surface area (Å²) in [6.07, 6.45) is 4.54. The average Bonchev–Trinajstić information content (AvgIpc) is 3.78. The van der Waals surface area contributed by atoms with Gasteiger partial charge in [0, 0.05) is 38.4 Å². The molecule has 8 aromatic carbocycles. The fraction of sp³-hybridized carbons (Fsp3) is 0.0217. The molecule has 1 unspecified atom stereocenters. The van der Waals surface area contributed by atoms with Gasteiger partial charge in [0.05, 0.1) is 22.1 Å². The van der Waals surface area contributed by atoms with Crippen molar-refractivity contribution in [2.45, 2.75) is 5.92 Å². The van der Waals surface area contributed by atoms with Crippen LogP contribution in [0, 0.1) is 0 Å². The van der Waals surface area contributed by atoms with Gasteiger partial charge < -0.3 is 4.98 Å². The molecule has 0 bridgehead atoms. The first-order valence-electron chi connectivity index (χ1n) is 17.7. The van der Waals surface area contributed by atoms with Gasteiger partial charge in [-0.1, -0.05) is 78.9 Å². The Morgan fingerprint density at radius 3 is 2.02 bits per heavy atom. The number of fused-ring (bicyclic) bond motifs is 12. The van der Waals surface area contributed by atoms with Gasteiger partial charge in [0.1, 0.15) is 11.3 Å². The van der Waals surface area contributed by atoms with Gasteiger partial charge in [-0.3, -0.25) is 18.4 Å². The van der Waals surface area contributed by atoms with Crippen molar-refractivity contribution in [1.82, 2.24) is 18.8 Å². The molecular formula is C46H22N4O2. The predicted octanol–water partition coefficient (Wildman–Crippen LogP) is 9.88. The molecule has 0 amide bonds. The number of hydrogen-bond donors (Lipinski definition) is 1. The van der Waals surface area contributed by atoms with Crippen LogP contribution in [0.4, 0.5) is 0 Å². The fourth-order valence-corrected chi connectivity index (χ4v) is 10.4. The Balaban J connectivity index is 1.13. The molecule has 238 valence electrons. The maximum Gasteiger partial charge on any atom is 0.264 e. The summed E-state index contributed by atoms with van der Waals surface area (Å²) in [5.41, 5.74) is 10.9. The zero-order valence-electron chi connectivity index (χ0n) is 27.3.